The smallest absolute Gasteiger partial charge is 0.248 e. The first-order valence-corrected chi connectivity index (χ1v) is 7.69. The maximum atomic E-state index is 12.1. The molecule has 1 aliphatic rings. The SMILES string of the molecule is COCc1cccc(NC(=O)/C=C/c2cc(Cl)c3c(c2)OCO3)c1. The van der Waals surface area contributed by atoms with Crippen molar-refractivity contribution < 1.29 is 19.0 Å². The number of anilines is 1. The van der Waals surface area contributed by atoms with Gasteiger partial charge in [-0.05, 0) is 41.5 Å². The van der Waals surface area contributed by atoms with Crippen molar-refractivity contribution in [1.29, 1.82) is 0 Å². The molecule has 0 saturated heterocycles. The molecule has 0 aromatic heterocycles. The van der Waals surface area contributed by atoms with Crippen LogP contribution in [0.2, 0.25) is 5.02 Å². The summed E-state index contributed by atoms with van der Waals surface area (Å²) in [5.74, 6) is 0.876. The van der Waals surface area contributed by atoms with Crippen LogP contribution in [-0.4, -0.2) is 19.8 Å². The van der Waals surface area contributed by atoms with E-state index in [9.17, 15) is 4.79 Å². The van der Waals surface area contributed by atoms with Crippen LogP contribution < -0.4 is 14.8 Å². The van der Waals surface area contributed by atoms with E-state index in [4.69, 9.17) is 25.8 Å². The summed E-state index contributed by atoms with van der Waals surface area (Å²) in [6.07, 6.45) is 3.11. The summed E-state index contributed by atoms with van der Waals surface area (Å²) in [5.41, 5.74) is 2.46. The lowest BCUT2D eigenvalue weighted by molar-refractivity contribution is -0.111. The molecule has 0 saturated carbocycles. The highest BCUT2D eigenvalue weighted by Gasteiger charge is 2.17. The average molecular weight is 346 g/mol. The highest BCUT2D eigenvalue weighted by Crippen LogP contribution is 2.40. The topological polar surface area (TPSA) is 56.8 Å². The van der Waals surface area contributed by atoms with Crippen molar-refractivity contribution >= 4 is 29.3 Å². The van der Waals surface area contributed by atoms with Crippen molar-refractivity contribution in [2.24, 2.45) is 0 Å². The van der Waals surface area contributed by atoms with E-state index in [1.54, 1.807) is 25.3 Å². The second-order valence-corrected chi connectivity index (χ2v) is 5.60. The number of methoxy groups -OCH3 is 1. The molecule has 1 heterocycles. The molecule has 0 fully saturated rings. The number of fused-ring (bicyclic) bond motifs is 1. The van der Waals surface area contributed by atoms with Gasteiger partial charge < -0.3 is 19.5 Å². The Balaban J connectivity index is 1.67. The zero-order chi connectivity index (χ0) is 16.9. The number of hydrogen-bond donors (Lipinski definition) is 1. The summed E-state index contributed by atoms with van der Waals surface area (Å²) in [5, 5.41) is 3.26. The fraction of sp³-hybridized carbons (Fsp3) is 0.167. The number of rotatable bonds is 5. The average Bonchev–Trinajstić information content (AvgIpc) is 3.03. The maximum Gasteiger partial charge on any atom is 0.248 e. The molecule has 3 rings (SSSR count). The second kappa shape index (κ2) is 7.38. The molecular formula is C18H16ClNO4. The number of amides is 1. The maximum absolute atomic E-state index is 12.1. The quantitative estimate of drug-likeness (QED) is 0.836. The van der Waals surface area contributed by atoms with Crippen LogP contribution in [0, 0.1) is 0 Å². The van der Waals surface area contributed by atoms with E-state index in [2.05, 4.69) is 5.32 Å². The minimum absolute atomic E-state index is 0.153. The predicted octanol–water partition coefficient (Wildman–Crippen LogP) is 3.87. The molecule has 0 bridgehead atoms. The van der Waals surface area contributed by atoms with E-state index >= 15 is 0 Å². The summed E-state index contributed by atoms with van der Waals surface area (Å²) in [4.78, 5) is 12.1. The molecule has 0 radical (unpaired) electrons. The first-order chi connectivity index (χ1) is 11.7. The molecule has 1 amide bonds. The Labute approximate surface area is 144 Å². The third-order valence-electron chi connectivity index (χ3n) is 3.38. The number of benzene rings is 2. The van der Waals surface area contributed by atoms with Crippen LogP contribution in [0.25, 0.3) is 6.08 Å². The molecule has 0 aliphatic carbocycles. The van der Waals surface area contributed by atoms with Gasteiger partial charge in [0.15, 0.2) is 11.5 Å². The monoisotopic (exact) mass is 345 g/mol. The first kappa shape index (κ1) is 16.4. The molecule has 0 unspecified atom stereocenters. The third kappa shape index (κ3) is 3.88. The van der Waals surface area contributed by atoms with E-state index in [0.29, 0.717) is 28.8 Å². The van der Waals surface area contributed by atoms with E-state index in [0.717, 1.165) is 11.1 Å². The molecule has 6 heteroatoms. The van der Waals surface area contributed by atoms with E-state index in [1.807, 2.05) is 24.3 Å². The number of halogens is 1. The van der Waals surface area contributed by atoms with Crippen molar-refractivity contribution in [2.45, 2.75) is 6.61 Å². The van der Waals surface area contributed by atoms with Gasteiger partial charge in [-0.15, -0.1) is 0 Å². The minimum atomic E-state index is -0.238. The van der Waals surface area contributed by atoms with E-state index < -0.39 is 0 Å². The summed E-state index contributed by atoms with van der Waals surface area (Å²) in [6, 6.07) is 11.0. The van der Waals surface area contributed by atoms with Crippen molar-refractivity contribution in [3.63, 3.8) is 0 Å². The van der Waals surface area contributed by atoms with Gasteiger partial charge in [-0.2, -0.15) is 0 Å². The summed E-state index contributed by atoms with van der Waals surface area (Å²) in [7, 11) is 1.63. The molecule has 2 aromatic carbocycles. The first-order valence-electron chi connectivity index (χ1n) is 7.32. The van der Waals surface area contributed by atoms with Gasteiger partial charge in [0.1, 0.15) is 0 Å². The van der Waals surface area contributed by atoms with Gasteiger partial charge in [-0.3, -0.25) is 4.79 Å². The lowest BCUT2D eigenvalue weighted by Crippen LogP contribution is -2.08. The number of carbonyl (C=O) groups is 1. The molecule has 0 spiro atoms. The summed E-state index contributed by atoms with van der Waals surface area (Å²) >= 11 is 6.12. The van der Waals surface area contributed by atoms with Gasteiger partial charge in [0.2, 0.25) is 12.7 Å². The predicted molar refractivity (Wildman–Crippen MR) is 92.4 cm³/mol. The van der Waals surface area contributed by atoms with Crippen LogP contribution in [0.15, 0.2) is 42.5 Å². The van der Waals surface area contributed by atoms with Crippen molar-refractivity contribution in [3.05, 3.63) is 58.6 Å². The fourth-order valence-electron chi connectivity index (χ4n) is 2.34. The summed E-state index contributed by atoms with van der Waals surface area (Å²) < 4.78 is 15.6. The Bertz CT molecular complexity index is 789. The lowest BCUT2D eigenvalue weighted by atomic mass is 10.2. The molecular weight excluding hydrogens is 330 g/mol. The molecule has 5 nitrogen and oxygen atoms in total. The second-order valence-electron chi connectivity index (χ2n) is 5.19. The van der Waals surface area contributed by atoms with Gasteiger partial charge in [0.05, 0.1) is 11.6 Å². The number of nitrogens with one attached hydrogen (secondary N) is 1. The third-order valence-corrected chi connectivity index (χ3v) is 3.66. The van der Waals surface area contributed by atoms with Gasteiger partial charge >= 0.3 is 0 Å². The number of carbonyl (C=O) groups excluding carboxylic acids is 1. The van der Waals surface area contributed by atoms with Gasteiger partial charge in [-0.25, -0.2) is 0 Å². The minimum Gasteiger partial charge on any atom is -0.454 e. The van der Waals surface area contributed by atoms with Crippen LogP contribution in [0.3, 0.4) is 0 Å². The van der Waals surface area contributed by atoms with Gasteiger partial charge in [0.25, 0.3) is 0 Å². The van der Waals surface area contributed by atoms with Crippen LogP contribution in [0.5, 0.6) is 11.5 Å². The van der Waals surface area contributed by atoms with Crippen LogP contribution >= 0.6 is 11.6 Å². The Kier molecular flexibility index (Phi) is 5.03. The van der Waals surface area contributed by atoms with Crippen LogP contribution in [-0.2, 0) is 16.1 Å². The zero-order valence-corrected chi connectivity index (χ0v) is 13.8. The van der Waals surface area contributed by atoms with Crippen molar-refractivity contribution in [1.82, 2.24) is 0 Å². The summed E-state index contributed by atoms with van der Waals surface area (Å²) in [6.45, 7) is 0.649. The standard InChI is InChI=1S/C18H16ClNO4/c1-22-10-13-3-2-4-14(7-13)20-17(21)6-5-12-8-15(19)18-16(9-12)23-11-24-18/h2-9H,10-11H2,1H3,(H,20,21)/b6-5+. The van der Waals surface area contributed by atoms with Crippen LogP contribution in [0.4, 0.5) is 5.69 Å². The molecule has 1 aliphatic heterocycles. The van der Waals surface area contributed by atoms with Gasteiger partial charge in [0, 0.05) is 18.9 Å². The Morgan fingerprint density at radius 1 is 1.33 bits per heavy atom. The van der Waals surface area contributed by atoms with Crippen molar-refractivity contribution in [2.75, 3.05) is 19.2 Å². The van der Waals surface area contributed by atoms with E-state index in [-0.39, 0.29) is 12.7 Å². The molecule has 0 atom stereocenters. The van der Waals surface area contributed by atoms with Gasteiger partial charge in [-0.1, -0.05) is 23.7 Å². The zero-order valence-electron chi connectivity index (χ0n) is 13.0. The number of ether oxygens (including phenoxy) is 3. The fourth-order valence-corrected chi connectivity index (χ4v) is 2.62. The number of hydrogen-bond acceptors (Lipinski definition) is 4. The lowest BCUT2D eigenvalue weighted by Gasteiger charge is -2.05. The highest BCUT2D eigenvalue weighted by molar-refractivity contribution is 6.32. The largest absolute Gasteiger partial charge is 0.454 e. The van der Waals surface area contributed by atoms with Crippen LogP contribution in [0.1, 0.15) is 11.1 Å². The van der Waals surface area contributed by atoms with E-state index in [1.165, 1.54) is 6.08 Å². The molecule has 1 N–H and O–H groups in total. The molecule has 24 heavy (non-hydrogen) atoms. The Hall–Kier alpha value is -2.50. The van der Waals surface area contributed by atoms with Crippen molar-refractivity contribution in [3.8, 4) is 11.5 Å². The highest BCUT2D eigenvalue weighted by atomic mass is 35.5. The molecule has 2 aromatic rings. The Morgan fingerprint density at radius 2 is 2.21 bits per heavy atom. The normalized spacial score (nSPS) is 12.6. The Morgan fingerprint density at radius 3 is 3.04 bits per heavy atom. The molecule has 124 valence electrons.